The molecule has 2 N–H and O–H groups in total. The number of hydrogen-bond donors (Lipinski definition) is 1. The quantitative estimate of drug-likeness (QED) is 0.410. The number of anilines is 2. The third-order valence-electron chi connectivity index (χ3n) is 7.18. The molecule has 0 spiro atoms. The third kappa shape index (κ3) is 3.49. The van der Waals surface area contributed by atoms with Gasteiger partial charge in [-0.2, -0.15) is 0 Å². The summed E-state index contributed by atoms with van der Waals surface area (Å²) in [5.74, 6) is 0.0427. The minimum Gasteiger partial charge on any atom is -0.383 e. The maximum atomic E-state index is 15.6. The molecule has 2 amide bonds. The van der Waals surface area contributed by atoms with E-state index in [-0.39, 0.29) is 18.4 Å². The first-order valence-electron chi connectivity index (χ1n) is 12.0. The Morgan fingerprint density at radius 2 is 1.78 bits per heavy atom. The summed E-state index contributed by atoms with van der Waals surface area (Å²) in [6, 6.07) is 9.24. The molecule has 1 saturated heterocycles. The van der Waals surface area contributed by atoms with Gasteiger partial charge in [0.15, 0.2) is 0 Å². The first-order valence-corrected chi connectivity index (χ1v) is 12.0. The van der Waals surface area contributed by atoms with Crippen LogP contribution in [0.5, 0.6) is 0 Å². The fraction of sp³-hybridized carbons (Fsp3) is 0.296. The Hall–Kier alpha value is -4.01. The summed E-state index contributed by atoms with van der Waals surface area (Å²) in [7, 11) is 1.63. The fourth-order valence-electron chi connectivity index (χ4n) is 5.14. The molecule has 7 nitrogen and oxygen atoms in total. The van der Waals surface area contributed by atoms with Gasteiger partial charge < -0.3 is 15.2 Å². The predicted octanol–water partition coefficient (Wildman–Crippen LogP) is 5.52. The van der Waals surface area contributed by atoms with E-state index in [1.807, 2.05) is 19.2 Å². The van der Waals surface area contributed by atoms with Crippen molar-refractivity contribution in [1.29, 1.82) is 0 Å². The van der Waals surface area contributed by atoms with E-state index >= 15 is 4.39 Å². The molecule has 9 heteroatoms. The van der Waals surface area contributed by atoms with E-state index in [1.165, 1.54) is 21.9 Å². The second-order valence-electron chi connectivity index (χ2n) is 9.74. The highest BCUT2D eigenvalue weighted by molar-refractivity contribution is 6.01. The van der Waals surface area contributed by atoms with Crippen LogP contribution in [0.3, 0.4) is 0 Å². The molecular weight excluding hydrogens is 462 g/mol. The molecule has 36 heavy (non-hydrogen) atoms. The highest BCUT2D eigenvalue weighted by Crippen LogP contribution is 2.43. The van der Waals surface area contributed by atoms with Crippen LogP contribution in [0, 0.1) is 25.5 Å². The minimum atomic E-state index is -0.484. The van der Waals surface area contributed by atoms with Crippen molar-refractivity contribution in [2.75, 3.05) is 24.2 Å². The molecule has 0 radical (unpaired) electrons. The van der Waals surface area contributed by atoms with Gasteiger partial charge in [-0.25, -0.2) is 23.5 Å². The summed E-state index contributed by atoms with van der Waals surface area (Å²) in [5.41, 5.74) is 9.62. The maximum Gasteiger partial charge on any atom is 0.324 e. The van der Waals surface area contributed by atoms with E-state index in [0.717, 1.165) is 18.4 Å². The Labute approximate surface area is 207 Å². The van der Waals surface area contributed by atoms with Crippen LogP contribution >= 0.6 is 0 Å². The number of halogens is 2. The van der Waals surface area contributed by atoms with Gasteiger partial charge in [-0.1, -0.05) is 12.1 Å². The van der Waals surface area contributed by atoms with Crippen molar-refractivity contribution in [3.05, 3.63) is 71.2 Å². The number of hydrogen-bond acceptors (Lipinski definition) is 4. The lowest BCUT2D eigenvalue weighted by atomic mass is 10.0. The zero-order chi connectivity index (χ0) is 25.3. The topological polar surface area (TPSA) is 80.3 Å². The standard InChI is InChI=1S/C27H26F2N6O/c1-14-4-8-19(21(28)10-14)23-13-35(27(36)33(23)3)17-7-9-18(22(29)11-17)20-12-34(16-5-6-16)26-24(20)25(30)31-15(2)32-26/h4,7-12,16,23H,5-6,13H2,1-3H3,(H2,30,31,32). The number of rotatable bonds is 4. The Morgan fingerprint density at radius 1 is 1.00 bits per heavy atom. The molecule has 6 rings (SSSR count). The van der Waals surface area contributed by atoms with Crippen LogP contribution in [-0.2, 0) is 0 Å². The normalized spacial score (nSPS) is 18.0. The second kappa shape index (κ2) is 8.01. The minimum absolute atomic E-state index is 0.217. The van der Waals surface area contributed by atoms with E-state index in [9.17, 15) is 9.18 Å². The van der Waals surface area contributed by atoms with Crippen LogP contribution in [0.1, 0.15) is 41.9 Å². The molecule has 184 valence electrons. The van der Waals surface area contributed by atoms with Gasteiger partial charge >= 0.3 is 6.03 Å². The summed E-state index contributed by atoms with van der Waals surface area (Å²) >= 11 is 0. The van der Waals surface area contributed by atoms with E-state index in [2.05, 4.69) is 14.5 Å². The van der Waals surface area contributed by atoms with Crippen molar-refractivity contribution in [3.8, 4) is 11.1 Å². The lowest BCUT2D eigenvalue weighted by Crippen LogP contribution is -2.29. The molecule has 1 aliphatic heterocycles. The Kier molecular flexibility index (Phi) is 5.00. The number of urea groups is 1. The SMILES string of the molecule is Cc1ccc(C2CN(c3ccc(-c4cn(C5CC5)c5nc(C)nc(N)c45)c(F)c3)C(=O)N2C)c(F)c1. The molecule has 2 aliphatic rings. The monoisotopic (exact) mass is 488 g/mol. The van der Waals surface area contributed by atoms with Crippen LogP contribution < -0.4 is 10.6 Å². The number of aromatic nitrogens is 3. The number of nitrogen functional groups attached to an aromatic ring is 1. The van der Waals surface area contributed by atoms with Crippen LogP contribution in [0.15, 0.2) is 42.6 Å². The average Bonchev–Trinajstić information content (AvgIpc) is 3.54. The molecule has 2 aromatic heterocycles. The van der Waals surface area contributed by atoms with Gasteiger partial charge in [0, 0.05) is 41.7 Å². The van der Waals surface area contributed by atoms with Crippen molar-refractivity contribution in [1.82, 2.24) is 19.4 Å². The Bertz CT molecular complexity index is 1540. The zero-order valence-electron chi connectivity index (χ0n) is 20.3. The van der Waals surface area contributed by atoms with Gasteiger partial charge in [0.1, 0.15) is 28.9 Å². The molecule has 1 saturated carbocycles. The number of amides is 2. The van der Waals surface area contributed by atoms with E-state index < -0.39 is 11.9 Å². The van der Waals surface area contributed by atoms with Gasteiger partial charge in [0.25, 0.3) is 0 Å². The third-order valence-corrected chi connectivity index (χ3v) is 7.18. The predicted molar refractivity (Wildman–Crippen MR) is 135 cm³/mol. The molecule has 1 aliphatic carbocycles. The fourth-order valence-corrected chi connectivity index (χ4v) is 5.14. The lowest BCUT2D eigenvalue weighted by molar-refractivity contribution is 0.218. The smallest absolute Gasteiger partial charge is 0.324 e. The average molecular weight is 489 g/mol. The molecule has 2 aromatic carbocycles. The zero-order valence-corrected chi connectivity index (χ0v) is 20.3. The summed E-state index contributed by atoms with van der Waals surface area (Å²) in [6.07, 6.45) is 3.98. The molecule has 4 aromatic rings. The number of carbonyl (C=O) groups excluding carboxylic acids is 1. The number of carbonyl (C=O) groups is 1. The first-order chi connectivity index (χ1) is 17.2. The van der Waals surface area contributed by atoms with Crippen molar-refractivity contribution in [2.24, 2.45) is 0 Å². The van der Waals surface area contributed by atoms with Crippen LogP contribution in [-0.4, -0.2) is 39.1 Å². The Morgan fingerprint density at radius 3 is 2.47 bits per heavy atom. The van der Waals surface area contributed by atoms with Gasteiger partial charge in [0.05, 0.1) is 18.0 Å². The highest BCUT2D eigenvalue weighted by atomic mass is 19.1. The van der Waals surface area contributed by atoms with Crippen LogP contribution in [0.25, 0.3) is 22.2 Å². The van der Waals surface area contributed by atoms with Crippen molar-refractivity contribution in [2.45, 2.75) is 38.8 Å². The summed E-state index contributed by atoms with van der Waals surface area (Å²) in [5, 5.41) is 0.631. The number of aryl methyl sites for hydroxylation is 2. The largest absolute Gasteiger partial charge is 0.383 e. The first kappa shape index (κ1) is 22.5. The number of nitrogens with two attached hydrogens (primary N) is 1. The van der Waals surface area contributed by atoms with E-state index in [0.29, 0.717) is 51.1 Å². The van der Waals surface area contributed by atoms with Crippen molar-refractivity contribution in [3.63, 3.8) is 0 Å². The lowest BCUT2D eigenvalue weighted by Gasteiger charge is -2.18. The summed E-state index contributed by atoms with van der Waals surface area (Å²) in [6.45, 7) is 3.82. The Balaban J connectivity index is 1.37. The molecule has 3 heterocycles. The number of fused-ring (bicyclic) bond motifs is 1. The van der Waals surface area contributed by atoms with Crippen molar-refractivity contribution < 1.29 is 13.6 Å². The van der Waals surface area contributed by atoms with Crippen molar-refractivity contribution >= 4 is 28.6 Å². The van der Waals surface area contributed by atoms with Crippen LogP contribution in [0.2, 0.25) is 0 Å². The summed E-state index contributed by atoms with van der Waals surface area (Å²) < 4.78 is 32.3. The van der Waals surface area contributed by atoms with Gasteiger partial charge in [0.2, 0.25) is 0 Å². The molecular formula is C27H26F2N6O. The number of likely N-dealkylation sites (N-methyl/N-ethyl adjacent to an activating group) is 1. The number of nitrogens with zero attached hydrogens (tertiary/aromatic N) is 5. The molecule has 1 unspecified atom stereocenters. The molecule has 1 atom stereocenters. The number of benzene rings is 2. The van der Waals surface area contributed by atoms with Crippen LogP contribution in [0.4, 0.5) is 25.1 Å². The van der Waals surface area contributed by atoms with Gasteiger partial charge in [-0.05, 0) is 56.5 Å². The van der Waals surface area contributed by atoms with Gasteiger partial charge in [-0.15, -0.1) is 0 Å². The van der Waals surface area contributed by atoms with E-state index in [1.54, 1.807) is 32.2 Å². The second-order valence-corrected chi connectivity index (χ2v) is 9.74. The van der Waals surface area contributed by atoms with E-state index in [4.69, 9.17) is 5.73 Å². The molecule has 2 fully saturated rings. The van der Waals surface area contributed by atoms with Gasteiger partial charge in [-0.3, -0.25) is 4.90 Å². The highest BCUT2D eigenvalue weighted by Gasteiger charge is 2.38. The maximum absolute atomic E-state index is 15.6. The molecule has 0 bridgehead atoms. The summed E-state index contributed by atoms with van der Waals surface area (Å²) in [4.78, 5) is 24.9.